The van der Waals surface area contributed by atoms with E-state index in [1.807, 2.05) is 49.5 Å². The molecule has 2 heterocycles. The zero-order valence-electron chi connectivity index (χ0n) is 14.7. The van der Waals surface area contributed by atoms with Crippen LogP contribution in [0.2, 0.25) is 0 Å². The van der Waals surface area contributed by atoms with Gasteiger partial charge < -0.3 is 19.6 Å². The Bertz CT molecular complexity index is 626. The molecule has 0 spiro atoms. The summed E-state index contributed by atoms with van der Waals surface area (Å²) < 4.78 is 5.62. The summed E-state index contributed by atoms with van der Waals surface area (Å²) in [5.74, 6) is 1.72. The largest absolute Gasteiger partial charge is 0.491 e. The predicted octanol–water partition coefficient (Wildman–Crippen LogP) is 1.82. The average Bonchev–Trinajstić information content (AvgIpc) is 3.09. The van der Waals surface area contributed by atoms with Crippen LogP contribution in [0.3, 0.4) is 0 Å². The van der Waals surface area contributed by atoms with Gasteiger partial charge in [-0.15, -0.1) is 5.10 Å². The second-order valence-corrected chi connectivity index (χ2v) is 6.57. The lowest BCUT2D eigenvalue weighted by molar-refractivity contribution is 0.0748. The Morgan fingerprint density at radius 3 is 2.88 bits per heavy atom. The number of hydrogen-bond donors (Lipinski definition) is 1. The molecule has 1 aliphatic rings. The maximum Gasteiger partial charge on any atom is 0.151 e. The third kappa shape index (κ3) is 5.14. The van der Waals surface area contributed by atoms with Gasteiger partial charge in [0.25, 0.3) is 0 Å². The number of ether oxygens (including phenoxy) is 1. The van der Waals surface area contributed by atoms with E-state index >= 15 is 0 Å². The van der Waals surface area contributed by atoms with Gasteiger partial charge in [0, 0.05) is 31.9 Å². The van der Waals surface area contributed by atoms with Gasteiger partial charge >= 0.3 is 0 Å². The van der Waals surface area contributed by atoms with Crippen molar-refractivity contribution in [2.24, 2.45) is 0 Å². The zero-order chi connectivity index (χ0) is 17.5. The Morgan fingerprint density at radius 1 is 1.28 bits per heavy atom. The van der Waals surface area contributed by atoms with Crippen LogP contribution in [0.15, 0.2) is 48.7 Å². The third-order valence-electron chi connectivity index (χ3n) is 4.46. The van der Waals surface area contributed by atoms with Crippen molar-refractivity contribution in [1.82, 2.24) is 15.1 Å². The van der Waals surface area contributed by atoms with E-state index in [1.54, 1.807) is 6.20 Å². The van der Waals surface area contributed by atoms with Crippen LogP contribution < -0.4 is 9.64 Å². The molecule has 134 valence electrons. The topological polar surface area (TPSA) is 61.7 Å². The molecular weight excluding hydrogens is 316 g/mol. The highest BCUT2D eigenvalue weighted by Gasteiger charge is 2.27. The van der Waals surface area contributed by atoms with E-state index in [9.17, 15) is 5.11 Å². The number of para-hydroxylation sites is 1. The van der Waals surface area contributed by atoms with Gasteiger partial charge in [-0.3, -0.25) is 0 Å². The quantitative estimate of drug-likeness (QED) is 0.790. The van der Waals surface area contributed by atoms with Crippen LogP contribution in [0.1, 0.15) is 12.8 Å². The fourth-order valence-corrected chi connectivity index (χ4v) is 3.33. The van der Waals surface area contributed by atoms with Gasteiger partial charge in [-0.1, -0.05) is 18.2 Å². The summed E-state index contributed by atoms with van der Waals surface area (Å²) in [5.41, 5.74) is 0. The minimum atomic E-state index is -0.517. The Hall–Kier alpha value is -2.18. The lowest BCUT2D eigenvalue weighted by atomic mass is 10.2. The Balaban J connectivity index is 1.46. The molecule has 6 nitrogen and oxygen atoms in total. The average molecular weight is 342 g/mol. The first-order chi connectivity index (χ1) is 12.2. The smallest absolute Gasteiger partial charge is 0.151 e. The van der Waals surface area contributed by atoms with Crippen molar-refractivity contribution in [2.45, 2.75) is 25.0 Å². The molecule has 1 saturated heterocycles. The fourth-order valence-electron chi connectivity index (χ4n) is 3.33. The van der Waals surface area contributed by atoms with E-state index in [2.05, 4.69) is 20.0 Å². The minimum absolute atomic E-state index is 0.299. The molecule has 1 aromatic carbocycles. The van der Waals surface area contributed by atoms with Crippen LogP contribution in [-0.2, 0) is 0 Å². The molecule has 25 heavy (non-hydrogen) atoms. The highest BCUT2D eigenvalue weighted by Crippen LogP contribution is 2.23. The zero-order valence-corrected chi connectivity index (χ0v) is 14.7. The van der Waals surface area contributed by atoms with E-state index in [4.69, 9.17) is 4.74 Å². The summed E-state index contributed by atoms with van der Waals surface area (Å²) in [6.07, 6.45) is 3.48. The number of nitrogens with zero attached hydrogens (tertiary/aromatic N) is 4. The Labute approximate surface area is 149 Å². The predicted molar refractivity (Wildman–Crippen MR) is 97.8 cm³/mol. The summed E-state index contributed by atoms with van der Waals surface area (Å²) in [5, 5.41) is 18.4. The fraction of sp³-hybridized carbons (Fsp3) is 0.474. The SMILES string of the molecule is CN(C[C@H](O)COc1ccccc1)C[C@H]1CCCN1c1cccnn1. The first-order valence-electron chi connectivity index (χ1n) is 8.81. The molecule has 1 fully saturated rings. The van der Waals surface area contributed by atoms with Gasteiger partial charge in [0.15, 0.2) is 5.82 Å². The maximum atomic E-state index is 10.2. The van der Waals surface area contributed by atoms with E-state index in [1.165, 1.54) is 0 Å². The molecular formula is C19H26N4O2. The minimum Gasteiger partial charge on any atom is -0.491 e. The number of anilines is 1. The second kappa shape index (κ2) is 8.78. The van der Waals surface area contributed by atoms with Gasteiger partial charge in [-0.05, 0) is 44.2 Å². The molecule has 0 radical (unpaired) electrons. The number of aliphatic hydroxyl groups excluding tert-OH is 1. The number of aliphatic hydroxyl groups is 1. The Morgan fingerprint density at radius 2 is 2.12 bits per heavy atom. The molecule has 1 N–H and O–H groups in total. The molecule has 1 aliphatic heterocycles. The molecule has 0 saturated carbocycles. The highest BCUT2D eigenvalue weighted by atomic mass is 16.5. The van der Waals surface area contributed by atoms with E-state index in [0.29, 0.717) is 19.2 Å². The number of hydrogen-bond acceptors (Lipinski definition) is 6. The molecule has 6 heteroatoms. The molecule has 2 atom stereocenters. The van der Waals surface area contributed by atoms with E-state index in [-0.39, 0.29) is 0 Å². The number of rotatable bonds is 8. The van der Waals surface area contributed by atoms with Gasteiger partial charge in [0.1, 0.15) is 18.5 Å². The first-order valence-corrected chi connectivity index (χ1v) is 8.81. The monoisotopic (exact) mass is 342 g/mol. The molecule has 0 amide bonds. The van der Waals surface area contributed by atoms with Crippen molar-refractivity contribution >= 4 is 5.82 Å². The van der Waals surface area contributed by atoms with Crippen LogP contribution in [0, 0.1) is 0 Å². The van der Waals surface area contributed by atoms with Crippen molar-refractivity contribution in [2.75, 3.05) is 38.2 Å². The molecule has 1 aromatic heterocycles. The van der Waals surface area contributed by atoms with E-state index < -0.39 is 6.10 Å². The standard InChI is InChI=1S/C19H26N4O2/c1-22(14-17(24)15-25-18-8-3-2-4-9-18)13-16-7-6-12-23(16)19-10-5-11-20-21-19/h2-5,8-11,16-17,24H,6-7,12-15H2,1H3/t16-,17+/m1/s1. The van der Waals surface area contributed by atoms with Gasteiger partial charge in [0.2, 0.25) is 0 Å². The van der Waals surface area contributed by atoms with Crippen LogP contribution >= 0.6 is 0 Å². The molecule has 3 rings (SSSR count). The van der Waals surface area contributed by atoms with Crippen molar-refractivity contribution in [3.8, 4) is 5.75 Å². The third-order valence-corrected chi connectivity index (χ3v) is 4.46. The lowest BCUT2D eigenvalue weighted by Gasteiger charge is -2.30. The number of aromatic nitrogens is 2. The van der Waals surface area contributed by atoms with E-state index in [0.717, 1.165) is 37.5 Å². The number of benzene rings is 1. The summed E-state index contributed by atoms with van der Waals surface area (Å²) in [4.78, 5) is 4.48. The van der Waals surface area contributed by atoms with Crippen molar-refractivity contribution in [3.63, 3.8) is 0 Å². The van der Waals surface area contributed by atoms with Gasteiger partial charge in [-0.2, -0.15) is 5.10 Å². The van der Waals surface area contributed by atoms with Gasteiger partial charge in [0.05, 0.1) is 0 Å². The summed E-state index contributed by atoms with van der Waals surface area (Å²) in [6.45, 7) is 2.78. The van der Waals surface area contributed by atoms with Gasteiger partial charge in [-0.25, -0.2) is 0 Å². The first kappa shape index (κ1) is 17.6. The molecule has 0 bridgehead atoms. The second-order valence-electron chi connectivity index (χ2n) is 6.57. The molecule has 2 aromatic rings. The summed E-state index contributed by atoms with van der Waals surface area (Å²) in [7, 11) is 2.04. The van der Waals surface area contributed by atoms with Crippen LogP contribution in [0.25, 0.3) is 0 Å². The maximum absolute atomic E-state index is 10.2. The number of likely N-dealkylation sites (N-methyl/N-ethyl adjacent to an activating group) is 1. The van der Waals surface area contributed by atoms with Crippen molar-refractivity contribution in [3.05, 3.63) is 48.7 Å². The highest BCUT2D eigenvalue weighted by molar-refractivity contribution is 5.39. The molecule has 0 unspecified atom stereocenters. The summed E-state index contributed by atoms with van der Waals surface area (Å²) >= 11 is 0. The van der Waals surface area contributed by atoms with Crippen LogP contribution in [0.4, 0.5) is 5.82 Å². The van der Waals surface area contributed by atoms with Crippen molar-refractivity contribution < 1.29 is 9.84 Å². The van der Waals surface area contributed by atoms with Crippen LogP contribution in [0.5, 0.6) is 5.75 Å². The normalized spacial score (nSPS) is 18.5. The Kier molecular flexibility index (Phi) is 6.19. The molecule has 0 aliphatic carbocycles. The lowest BCUT2D eigenvalue weighted by Crippen LogP contribution is -2.42. The summed E-state index contributed by atoms with van der Waals surface area (Å²) in [6, 6.07) is 13.9. The van der Waals surface area contributed by atoms with Crippen molar-refractivity contribution in [1.29, 1.82) is 0 Å². The van der Waals surface area contributed by atoms with Crippen LogP contribution in [-0.4, -0.2) is 65.6 Å².